The first-order valence-electron chi connectivity index (χ1n) is 8.39. The van der Waals surface area contributed by atoms with Crippen LogP contribution in [0.5, 0.6) is 11.5 Å². The number of ether oxygens (including phenoxy) is 2. The van der Waals surface area contributed by atoms with E-state index in [0.29, 0.717) is 35.8 Å². The van der Waals surface area contributed by atoms with E-state index >= 15 is 0 Å². The molecule has 25 heavy (non-hydrogen) atoms. The molecule has 7 heteroatoms. The van der Waals surface area contributed by atoms with Crippen LogP contribution in [0.3, 0.4) is 0 Å². The summed E-state index contributed by atoms with van der Waals surface area (Å²) >= 11 is 0. The Balaban J connectivity index is 1.93. The molecule has 1 atom stereocenters. The van der Waals surface area contributed by atoms with Crippen LogP contribution >= 0.6 is 0 Å². The van der Waals surface area contributed by atoms with Gasteiger partial charge in [0.15, 0.2) is 11.5 Å². The van der Waals surface area contributed by atoms with Crippen molar-refractivity contribution in [3.8, 4) is 22.8 Å². The summed E-state index contributed by atoms with van der Waals surface area (Å²) in [5, 5.41) is 9.51. The van der Waals surface area contributed by atoms with Crippen LogP contribution in [0.1, 0.15) is 25.0 Å². The number of benzene rings is 1. The van der Waals surface area contributed by atoms with Gasteiger partial charge in [0, 0.05) is 18.1 Å². The van der Waals surface area contributed by atoms with Crippen LogP contribution in [0, 0.1) is 5.82 Å². The van der Waals surface area contributed by atoms with E-state index in [4.69, 9.17) is 14.1 Å². The van der Waals surface area contributed by atoms with E-state index in [9.17, 15) is 9.41 Å². The number of hydrogen-bond donors (Lipinski definition) is 1. The molecule has 5 nitrogen and oxygen atoms in total. The van der Waals surface area contributed by atoms with Crippen molar-refractivity contribution in [2.24, 2.45) is 0 Å². The Kier molecular flexibility index (Phi) is 5.55. The molecular formula is C18H21BFNO4. The third-order valence-electron chi connectivity index (χ3n) is 4.16. The Hall–Kier alpha value is -2.12. The van der Waals surface area contributed by atoms with Crippen LogP contribution in [0.25, 0.3) is 11.3 Å². The van der Waals surface area contributed by atoms with Gasteiger partial charge in [0.25, 0.3) is 0 Å². The molecule has 0 spiro atoms. The molecule has 1 unspecified atom stereocenters. The Bertz CT molecular complexity index is 743. The van der Waals surface area contributed by atoms with Gasteiger partial charge in [-0.3, -0.25) is 0 Å². The monoisotopic (exact) mass is 345 g/mol. The molecule has 2 heterocycles. The average molecular weight is 345 g/mol. The van der Waals surface area contributed by atoms with Crippen LogP contribution in [0.2, 0.25) is 6.32 Å². The first-order valence-corrected chi connectivity index (χ1v) is 8.39. The summed E-state index contributed by atoms with van der Waals surface area (Å²) in [6.07, 6.45) is 1.23. The van der Waals surface area contributed by atoms with Crippen LogP contribution in [-0.4, -0.2) is 37.4 Å². The summed E-state index contributed by atoms with van der Waals surface area (Å²) in [4.78, 5) is 4.47. The van der Waals surface area contributed by atoms with Gasteiger partial charge in [-0.2, -0.15) is 0 Å². The summed E-state index contributed by atoms with van der Waals surface area (Å²) in [5.41, 5.74) is 1.77. The number of methoxy groups -OCH3 is 1. The van der Waals surface area contributed by atoms with E-state index in [1.807, 2.05) is 25.1 Å². The quantitative estimate of drug-likeness (QED) is 0.815. The smallest absolute Gasteiger partial charge is 0.454 e. The second-order valence-corrected chi connectivity index (χ2v) is 6.00. The largest absolute Gasteiger partial charge is 0.493 e. The maximum atomic E-state index is 14.2. The van der Waals surface area contributed by atoms with Gasteiger partial charge in [-0.05, 0) is 43.1 Å². The molecule has 1 saturated heterocycles. The Morgan fingerprint density at radius 1 is 1.32 bits per heavy atom. The van der Waals surface area contributed by atoms with Crippen LogP contribution in [-0.2, 0) is 4.65 Å². The summed E-state index contributed by atoms with van der Waals surface area (Å²) in [7, 11) is 0.734. The minimum absolute atomic E-state index is 0.246. The third kappa shape index (κ3) is 3.94. The lowest BCUT2D eigenvalue weighted by Gasteiger charge is -2.13. The lowest BCUT2D eigenvalue weighted by molar-refractivity contribution is 0.290. The normalized spacial score (nSPS) is 17.0. The van der Waals surface area contributed by atoms with Crippen LogP contribution in [0.15, 0.2) is 30.3 Å². The number of hydrogen-bond acceptors (Lipinski definition) is 5. The lowest BCUT2D eigenvalue weighted by atomic mass is 9.81. The van der Waals surface area contributed by atoms with Crippen molar-refractivity contribution in [1.29, 1.82) is 0 Å². The highest BCUT2D eigenvalue weighted by atomic mass is 19.1. The van der Waals surface area contributed by atoms with Gasteiger partial charge in [0.1, 0.15) is 5.82 Å². The maximum absolute atomic E-state index is 14.2. The fraction of sp³-hybridized carbons (Fsp3) is 0.389. The third-order valence-corrected chi connectivity index (χ3v) is 4.16. The van der Waals surface area contributed by atoms with Gasteiger partial charge in [-0.25, -0.2) is 9.37 Å². The number of pyridine rings is 1. The molecule has 0 amide bonds. The molecule has 1 fully saturated rings. The predicted molar refractivity (Wildman–Crippen MR) is 93.4 cm³/mol. The van der Waals surface area contributed by atoms with Gasteiger partial charge in [-0.1, -0.05) is 6.92 Å². The highest BCUT2D eigenvalue weighted by Gasteiger charge is 2.32. The molecular weight excluding hydrogens is 324 g/mol. The van der Waals surface area contributed by atoms with Crippen molar-refractivity contribution >= 4 is 7.12 Å². The van der Waals surface area contributed by atoms with E-state index in [2.05, 4.69) is 4.98 Å². The Labute approximate surface area is 146 Å². The van der Waals surface area contributed by atoms with Crippen LogP contribution in [0.4, 0.5) is 4.39 Å². The molecule has 3 rings (SSSR count). The minimum atomic E-state index is -0.857. The van der Waals surface area contributed by atoms with Crippen molar-refractivity contribution in [2.45, 2.75) is 25.6 Å². The molecule has 0 radical (unpaired) electrons. The second-order valence-electron chi connectivity index (χ2n) is 6.00. The fourth-order valence-electron chi connectivity index (χ4n) is 2.86. The van der Waals surface area contributed by atoms with E-state index in [0.717, 1.165) is 12.0 Å². The van der Waals surface area contributed by atoms with Gasteiger partial charge in [0.2, 0.25) is 0 Å². The topological polar surface area (TPSA) is 60.8 Å². The van der Waals surface area contributed by atoms with Crippen molar-refractivity contribution < 1.29 is 23.5 Å². The fourth-order valence-corrected chi connectivity index (χ4v) is 2.86. The second kappa shape index (κ2) is 7.84. The molecule has 1 aliphatic heterocycles. The van der Waals surface area contributed by atoms with E-state index < -0.39 is 7.12 Å². The molecule has 1 N–H and O–H groups in total. The zero-order chi connectivity index (χ0) is 17.8. The van der Waals surface area contributed by atoms with Crippen molar-refractivity contribution in [3.63, 3.8) is 0 Å². The number of nitrogens with zero attached hydrogens (tertiary/aromatic N) is 1. The highest BCUT2D eigenvalue weighted by Crippen LogP contribution is 2.34. The number of halogens is 1. The zero-order valence-electron chi connectivity index (χ0n) is 14.4. The summed E-state index contributed by atoms with van der Waals surface area (Å²) in [6, 6.07) is 8.56. The molecule has 0 aliphatic carbocycles. The first kappa shape index (κ1) is 17.7. The van der Waals surface area contributed by atoms with E-state index in [-0.39, 0.29) is 18.3 Å². The van der Waals surface area contributed by atoms with E-state index in [1.54, 1.807) is 13.2 Å². The summed E-state index contributed by atoms with van der Waals surface area (Å²) in [5.74, 6) is 0.646. The molecule has 0 saturated carbocycles. The van der Waals surface area contributed by atoms with Crippen molar-refractivity contribution in [1.82, 2.24) is 4.98 Å². The molecule has 132 valence electrons. The first-order chi connectivity index (χ1) is 12.1. The lowest BCUT2D eigenvalue weighted by Crippen LogP contribution is -2.08. The van der Waals surface area contributed by atoms with Gasteiger partial charge in [-0.15, -0.1) is 0 Å². The molecule has 1 aromatic heterocycles. The predicted octanol–water partition coefficient (Wildman–Crippen LogP) is 3.28. The Morgan fingerprint density at radius 2 is 2.16 bits per heavy atom. The standard InChI is InChI=1S/C18H21BFNO4/c1-3-8-24-17-9-12(4-7-16(17)23-2)15-6-5-14(20)18(21-15)13-10-19(22)25-11-13/h4-7,9,13,22H,3,8,10-11H2,1-2H3. The molecule has 1 aromatic carbocycles. The minimum Gasteiger partial charge on any atom is -0.493 e. The van der Waals surface area contributed by atoms with Crippen molar-refractivity contribution in [3.05, 3.63) is 41.8 Å². The average Bonchev–Trinajstić information content (AvgIpc) is 3.06. The number of aromatic nitrogens is 1. The molecule has 0 bridgehead atoms. The zero-order valence-corrected chi connectivity index (χ0v) is 14.4. The Morgan fingerprint density at radius 3 is 2.84 bits per heavy atom. The molecule has 2 aromatic rings. The van der Waals surface area contributed by atoms with E-state index in [1.165, 1.54) is 6.07 Å². The SMILES string of the molecule is CCCOc1cc(-c2ccc(F)c(C3COB(O)C3)n2)ccc1OC. The summed E-state index contributed by atoms with van der Waals surface area (Å²) < 4.78 is 30.4. The maximum Gasteiger partial charge on any atom is 0.454 e. The van der Waals surface area contributed by atoms with Gasteiger partial charge < -0.3 is 19.2 Å². The van der Waals surface area contributed by atoms with Gasteiger partial charge >= 0.3 is 7.12 Å². The molecule has 1 aliphatic rings. The van der Waals surface area contributed by atoms with Crippen LogP contribution < -0.4 is 9.47 Å². The highest BCUT2D eigenvalue weighted by molar-refractivity contribution is 6.43. The van der Waals surface area contributed by atoms with Gasteiger partial charge in [0.05, 0.1) is 25.1 Å². The summed E-state index contributed by atoms with van der Waals surface area (Å²) in [6.45, 7) is 2.88. The number of rotatable bonds is 6. The van der Waals surface area contributed by atoms with Crippen molar-refractivity contribution in [2.75, 3.05) is 20.3 Å².